The van der Waals surface area contributed by atoms with Gasteiger partial charge < -0.3 is 19.9 Å². The number of hydroxylamine groups is 1. The predicted molar refractivity (Wildman–Crippen MR) is 140 cm³/mol. The Balaban J connectivity index is 1.86. The van der Waals surface area contributed by atoms with Gasteiger partial charge in [0.2, 0.25) is 11.8 Å². The first-order valence-electron chi connectivity index (χ1n) is 11.5. The highest BCUT2D eigenvalue weighted by Gasteiger charge is 2.39. The maximum absolute atomic E-state index is 13.5. The molecule has 0 saturated carbocycles. The summed E-state index contributed by atoms with van der Waals surface area (Å²) in [7, 11) is -3.01. The monoisotopic (exact) mass is 523 g/mol. The van der Waals surface area contributed by atoms with Gasteiger partial charge in [0.25, 0.3) is 10.0 Å². The molecule has 0 aliphatic heterocycles. The Hall–Kier alpha value is -3.96. The number of nitrogens with two attached hydrogens (primary N) is 1. The van der Waals surface area contributed by atoms with Crippen LogP contribution in [0.5, 0.6) is 5.88 Å². The third kappa shape index (κ3) is 4.87. The van der Waals surface area contributed by atoms with Crippen molar-refractivity contribution in [1.82, 2.24) is 19.0 Å². The number of nitrogen functional groups attached to an aromatic ring is 1. The molecule has 0 radical (unpaired) electrons. The Morgan fingerprint density at radius 3 is 2.41 bits per heavy atom. The summed E-state index contributed by atoms with van der Waals surface area (Å²) < 4.78 is 34.9. The summed E-state index contributed by atoms with van der Waals surface area (Å²) in [6.07, 6.45) is 1.52. The molecule has 0 saturated heterocycles. The second-order valence-corrected chi connectivity index (χ2v) is 11.2. The second-order valence-electron chi connectivity index (χ2n) is 9.47. The molecule has 0 fully saturated rings. The number of carbonyl (C=O) groups excluding carboxylic acids is 1. The van der Waals surface area contributed by atoms with Gasteiger partial charge in [-0.25, -0.2) is 18.4 Å². The van der Waals surface area contributed by atoms with E-state index in [2.05, 4.69) is 9.97 Å². The molecule has 2 heterocycles. The van der Waals surface area contributed by atoms with Gasteiger partial charge in [0.15, 0.2) is 0 Å². The van der Waals surface area contributed by atoms with Gasteiger partial charge in [0.1, 0.15) is 4.90 Å². The largest absolute Gasteiger partial charge is 0.480 e. The van der Waals surface area contributed by atoms with Crippen molar-refractivity contribution in [2.45, 2.75) is 44.2 Å². The molecule has 0 amide bonds. The summed E-state index contributed by atoms with van der Waals surface area (Å²) >= 11 is 0. The maximum atomic E-state index is 13.5. The van der Waals surface area contributed by atoms with Gasteiger partial charge in [-0.15, -0.1) is 0 Å². The lowest BCUT2D eigenvalue weighted by molar-refractivity contribution is -0.165. The van der Waals surface area contributed by atoms with E-state index < -0.39 is 15.6 Å². The fourth-order valence-corrected chi connectivity index (χ4v) is 5.89. The van der Waals surface area contributed by atoms with Crippen molar-refractivity contribution < 1.29 is 22.8 Å². The maximum Gasteiger partial charge on any atom is 0.314 e. The van der Waals surface area contributed by atoms with E-state index in [0.717, 1.165) is 11.1 Å². The summed E-state index contributed by atoms with van der Waals surface area (Å²) in [4.78, 5) is 24.5. The normalized spacial score (nSPS) is 13.0. The van der Waals surface area contributed by atoms with Crippen LogP contribution in [0.1, 0.15) is 39.3 Å². The van der Waals surface area contributed by atoms with E-state index >= 15 is 0 Å². The molecule has 2 aromatic carbocycles. The number of hydrogen-bond acceptors (Lipinski definition) is 8. The van der Waals surface area contributed by atoms with Crippen LogP contribution in [-0.2, 0) is 19.7 Å². The zero-order valence-corrected chi connectivity index (χ0v) is 22.1. The number of aromatic nitrogens is 3. The molecule has 4 rings (SSSR count). The van der Waals surface area contributed by atoms with Crippen LogP contribution < -0.4 is 10.5 Å². The van der Waals surface area contributed by atoms with E-state index in [4.69, 9.17) is 15.3 Å². The number of carbonyl (C=O) groups is 1. The molecule has 2 aromatic heterocycles. The number of anilines is 1. The SMILES string of the molecule is COc1ncc(-c2ccc3nc(N)n(C(C)c4ccccc4)c3c2)cc1S(=O)(=O)N(OC=O)C(C)(C)C. The minimum absolute atomic E-state index is 0.0694. The molecule has 0 aliphatic rings. The minimum atomic E-state index is -4.34. The second kappa shape index (κ2) is 9.83. The van der Waals surface area contributed by atoms with Gasteiger partial charge in [-0.2, -0.15) is 0 Å². The number of fused-ring (bicyclic) bond motifs is 1. The molecule has 194 valence electrons. The smallest absolute Gasteiger partial charge is 0.314 e. The number of methoxy groups -OCH3 is 1. The number of ether oxygens (including phenoxy) is 1. The van der Waals surface area contributed by atoms with Crippen molar-refractivity contribution in [3.05, 3.63) is 66.4 Å². The van der Waals surface area contributed by atoms with E-state index in [1.54, 1.807) is 20.8 Å². The number of sulfonamides is 1. The molecule has 11 heteroatoms. The van der Waals surface area contributed by atoms with Crippen LogP contribution in [0.3, 0.4) is 0 Å². The number of pyridine rings is 1. The fourth-order valence-electron chi connectivity index (χ4n) is 4.21. The van der Waals surface area contributed by atoms with Gasteiger partial charge >= 0.3 is 6.47 Å². The van der Waals surface area contributed by atoms with Crippen LogP contribution in [-0.4, -0.2) is 46.5 Å². The number of hydrogen-bond donors (Lipinski definition) is 1. The number of rotatable bonds is 8. The van der Waals surface area contributed by atoms with Gasteiger partial charge in [0, 0.05) is 11.8 Å². The minimum Gasteiger partial charge on any atom is -0.480 e. The van der Waals surface area contributed by atoms with Crippen molar-refractivity contribution >= 4 is 33.5 Å². The van der Waals surface area contributed by atoms with Gasteiger partial charge in [-0.05, 0) is 61.5 Å². The van der Waals surface area contributed by atoms with Crippen LogP contribution in [0.15, 0.2) is 65.7 Å². The third-order valence-corrected chi connectivity index (χ3v) is 7.83. The number of nitrogens with zero attached hydrogens (tertiary/aromatic N) is 4. The van der Waals surface area contributed by atoms with Gasteiger partial charge in [-0.1, -0.05) is 36.4 Å². The van der Waals surface area contributed by atoms with Crippen molar-refractivity contribution in [3.8, 4) is 17.0 Å². The molecule has 10 nitrogen and oxygen atoms in total. The lowest BCUT2D eigenvalue weighted by Crippen LogP contribution is -2.45. The summed E-state index contributed by atoms with van der Waals surface area (Å²) in [6, 6.07) is 16.8. The van der Waals surface area contributed by atoms with Crippen LogP contribution in [0, 0.1) is 0 Å². The molecule has 1 atom stereocenters. The summed E-state index contributed by atoms with van der Waals surface area (Å²) in [6.45, 7) is 6.91. The van der Waals surface area contributed by atoms with Crippen molar-refractivity contribution in [2.75, 3.05) is 12.8 Å². The quantitative estimate of drug-likeness (QED) is 0.269. The molecule has 1 unspecified atom stereocenters. The van der Waals surface area contributed by atoms with E-state index in [1.807, 2.05) is 60.0 Å². The molecule has 0 aliphatic carbocycles. The Labute approximate surface area is 215 Å². The van der Waals surface area contributed by atoms with Crippen molar-refractivity contribution in [3.63, 3.8) is 0 Å². The average Bonchev–Trinajstić information content (AvgIpc) is 3.20. The van der Waals surface area contributed by atoms with E-state index in [9.17, 15) is 13.2 Å². The van der Waals surface area contributed by atoms with Crippen molar-refractivity contribution in [2.24, 2.45) is 0 Å². The zero-order chi connectivity index (χ0) is 27.0. The highest BCUT2D eigenvalue weighted by Crippen LogP contribution is 2.35. The number of benzene rings is 2. The zero-order valence-electron chi connectivity index (χ0n) is 21.2. The first-order valence-corrected chi connectivity index (χ1v) is 13.0. The molecule has 0 bridgehead atoms. The summed E-state index contributed by atoms with van der Waals surface area (Å²) in [5, 5.41) is 0. The standard InChI is InChI=1S/C26H29N5O5S/c1-17(18-9-7-6-8-10-18)30-22-13-19(11-12-21(22)29-25(30)27)20-14-23(24(35-5)28-15-20)37(33,34)31(36-16-32)26(2,3)4/h6-17H,1-5H3,(H2,27,29). The van der Waals surface area contributed by atoms with E-state index in [0.29, 0.717) is 27.1 Å². The molecule has 0 spiro atoms. The highest BCUT2D eigenvalue weighted by molar-refractivity contribution is 7.89. The first kappa shape index (κ1) is 26.1. The van der Waals surface area contributed by atoms with Gasteiger partial charge in [-0.3, -0.25) is 4.79 Å². The average molecular weight is 524 g/mol. The molecule has 2 N–H and O–H groups in total. The lowest BCUT2D eigenvalue weighted by Gasteiger charge is -2.31. The third-order valence-electron chi connectivity index (χ3n) is 5.91. The van der Waals surface area contributed by atoms with Crippen LogP contribution in [0.2, 0.25) is 0 Å². The van der Waals surface area contributed by atoms with E-state index in [-0.39, 0.29) is 23.3 Å². The fraction of sp³-hybridized carbons (Fsp3) is 0.269. The topological polar surface area (TPSA) is 130 Å². The Bertz CT molecular complexity index is 1550. The summed E-state index contributed by atoms with van der Waals surface area (Å²) in [5.41, 5.74) is 9.00. The van der Waals surface area contributed by atoms with Gasteiger partial charge in [0.05, 0.1) is 29.7 Å². The Morgan fingerprint density at radius 1 is 1.08 bits per heavy atom. The molecular weight excluding hydrogens is 494 g/mol. The van der Waals surface area contributed by atoms with Crippen LogP contribution in [0.4, 0.5) is 5.95 Å². The Morgan fingerprint density at radius 2 is 1.78 bits per heavy atom. The molecule has 37 heavy (non-hydrogen) atoms. The van der Waals surface area contributed by atoms with Crippen LogP contribution in [0.25, 0.3) is 22.2 Å². The number of imidazole rings is 1. The predicted octanol–water partition coefficient (Wildman–Crippen LogP) is 4.18. The Kier molecular flexibility index (Phi) is 6.94. The van der Waals surface area contributed by atoms with E-state index in [1.165, 1.54) is 19.4 Å². The summed E-state index contributed by atoms with van der Waals surface area (Å²) in [5.74, 6) is 0.243. The molecular formula is C26H29N5O5S. The van der Waals surface area contributed by atoms with Crippen molar-refractivity contribution in [1.29, 1.82) is 0 Å². The highest BCUT2D eigenvalue weighted by atomic mass is 32.2. The van der Waals surface area contributed by atoms with Crippen LogP contribution >= 0.6 is 0 Å². The lowest BCUT2D eigenvalue weighted by atomic mass is 10.1. The first-order chi connectivity index (χ1) is 17.5. The molecule has 4 aromatic rings.